The number of carbonyl (C=O) groups is 1. The Kier molecular flexibility index (Phi) is 6.98. The highest BCUT2D eigenvalue weighted by molar-refractivity contribution is 7.99. The van der Waals surface area contributed by atoms with Crippen molar-refractivity contribution in [1.82, 2.24) is 19.7 Å². The van der Waals surface area contributed by atoms with E-state index in [1.165, 1.54) is 17.3 Å². The summed E-state index contributed by atoms with van der Waals surface area (Å²) in [5.74, 6) is 1.91. The second-order valence-electron chi connectivity index (χ2n) is 7.09. The second kappa shape index (κ2) is 9.64. The molecule has 0 N–H and O–H groups in total. The smallest absolute Gasteiger partial charge is 0.191 e. The van der Waals surface area contributed by atoms with Gasteiger partial charge in [0, 0.05) is 30.9 Å². The monoisotopic (exact) mass is 394 g/mol. The highest BCUT2D eigenvalue weighted by Gasteiger charge is 2.15. The third kappa shape index (κ3) is 5.07. The van der Waals surface area contributed by atoms with Crippen LogP contribution in [0.25, 0.3) is 11.4 Å². The fraction of sp³-hybridized carbons (Fsp3) is 0.364. The van der Waals surface area contributed by atoms with E-state index >= 15 is 0 Å². The number of pyridine rings is 1. The molecule has 1 aromatic carbocycles. The lowest BCUT2D eigenvalue weighted by molar-refractivity contribution is -0.116. The van der Waals surface area contributed by atoms with Gasteiger partial charge in [-0.2, -0.15) is 0 Å². The van der Waals surface area contributed by atoms with E-state index in [1.54, 1.807) is 12.4 Å². The zero-order valence-electron chi connectivity index (χ0n) is 16.6. The minimum absolute atomic E-state index is 0.193. The lowest BCUT2D eigenvalue weighted by atomic mass is 10.0. The van der Waals surface area contributed by atoms with Gasteiger partial charge in [-0.3, -0.25) is 9.78 Å². The molecule has 3 aromatic rings. The van der Waals surface area contributed by atoms with Crippen LogP contribution in [0.5, 0.6) is 0 Å². The molecule has 0 spiro atoms. The molecule has 0 atom stereocenters. The van der Waals surface area contributed by atoms with Crippen LogP contribution in [0.2, 0.25) is 0 Å². The molecule has 3 rings (SSSR count). The summed E-state index contributed by atoms with van der Waals surface area (Å²) in [7, 11) is 0. The zero-order valence-corrected chi connectivity index (χ0v) is 17.4. The summed E-state index contributed by atoms with van der Waals surface area (Å²) >= 11 is 1.46. The van der Waals surface area contributed by atoms with Crippen molar-refractivity contribution < 1.29 is 4.79 Å². The second-order valence-corrected chi connectivity index (χ2v) is 8.04. The molecule has 2 heterocycles. The van der Waals surface area contributed by atoms with Gasteiger partial charge in [-0.05, 0) is 35.6 Å². The molecule has 6 heteroatoms. The van der Waals surface area contributed by atoms with Crippen molar-refractivity contribution in [3.63, 3.8) is 0 Å². The average molecular weight is 395 g/mol. The lowest BCUT2D eigenvalue weighted by Crippen LogP contribution is -2.08. The molecule has 0 radical (unpaired) electrons. The molecule has 2 aromatic heterocycles. The van der Waals surface area contributed by atoms with E-state index in [4.69, 9.17) is 0 Å². The maximum Gasteiger partial charge on any atom is 0.191 e. The fourth-order valence-corrected chi connectivity index (χ4v) is 3.80. The largest absolute Gasteiger partial charge is 0.302 e. The SMILES string of the molecule is CCCn1c(SCC(=O)Cc2ccc(C(C)C)cc2)nnc1-c1ccncc1. The summed E-state index contributed by atoms with van der Waals surface area (Å²) in [6.45, 7) is 7.28. The van der Waals surface area contributed by atoms with E-state index in [0.717, 1.165) is 35.1 Å². The number of nitrogens with zero attached hydrogens (tertiary/aromatic N) is 4. The van der Waals surface area contributed by atoms with Gasteiger partial charge in [0.1, 0.15) is 5.78 Å². The van der Waals surface area contributed by atoms with E-state index in [-0.39, 0.29) is 5.78 Å². The Balaban J connectivity index is 1.65. The van der Waals surface area contributed by atoms with Crippen molar-refractivity contribution in [3.05, 3.63) is 59.9 Å². The number of ketones is 1. The van der Waals surface area contributed by atoms with E-state index in [1.807, 2.05) is 12.1 Å². The number of hydrogen-bond acceptors (Lipinski definition) is 5. The Hall–Kier alpha value is -2.47. The molecule has 0 saturated heterocycles. The van der Waals surface area contributed by atoms with E-state index in [2.05, 4.69) is 64.8 Å². The van der Waals surface area contributed by atoms with Gasteiger partial charge < -0.3 is 4.57 Å². The molecule has 0 bridgehead atoms. The van der Waals surface area contributed by atoms with Crippen LogP contribution in [0.15, 0.2) is 53.9 Å². The fourth-order valence-electron chi connectivity index (χ4n) is 2.98. The molecule has 0 amide bonds. The van der Waals surface area contributed by atoms with Gasteiger partial charge in [0.15, 0.2) is 11.0 Å². The first-order valence-corrected chi connectivity index (χ1v) is 10.6. The summed E-state index contributed by atoms with van der Waals surface area (Å²) in [4.78, 5) is 16.5. The van der Waals surface area contributed by atoms with Crippen molar-refractivity contribution in [2.75, 3.05) is 5.75 Å². The molecule has 0 fully saturated rings. The molecule has 0 unspecified atom stereocenters. The van der Waals surface area contributed by atoms with Gasteiger partial charge in [-0.1, -0.05) is 56.8 Å². The normalized spacial score (nSPS) is 11.1. The van der Waals surface area contributed by atoms with Crippen molar-refractivity contribution in [3.8, 4) is 11.4 Å². The summed E-state index contributed by atoms with van der Waals surface area (Å²) in [5.41, 5.74) is 3.34. The maximum absolute atomic E-state index is 12.5. The molecule has 28 heavy (non-hydrogen) atoms. The van der Waals surface area contributed by atoms with Crippen LogP contribution < -0.4 is 0 Å². The lowest BCUT2D eigenvalue weighted by Gasteiger charge is -2.09. The summed E-state index contributed by atoms with van der Waals surface area (Å²) in [5, 5.41) is 9.46. The maximum atomic E-state index is 12.5. The first kappa shape index (κ1) is 20.3. The number of rotatable bonds is 9. The Labute approximate surface area is 170 Å². The number of carbonyl (C=O) groups excluding carboxylic acids is 1. The van der Waals surface area contributed by atoms with Crippen LogP contribution in [-0.4, -0.2) is 31.3 Å². The minimum atomic E-state index is 0.193. The number of thioether (sulfide) groups is 1. The number of Topliss-reactive ketones (excluding diaryl/α,β-unsaturated/α-hetero) is 1. The van der Waals surface area contributed by atoms with Gasteiger partial charge in [0.2, 0.25) is 0 Å². The van der Waals surface area contributed by atoms with E-state index < -0.39 is 0 Å². The molecule has 0 aliphatic carbocycles. The standard InChI is InChI=1S/C22H26N4OS/c1-4-13-26-21(19-9-11-23-12-10-19)24-25-22(26)28-15-20(27)14-17-5-7-18(8-6-17)16(2)3/h5-12,16H,4,13-15H2,1-3H3. The molecule has 0 saturated carbocycles. The van der Waals surface area contributed by atoms with Gasteiger partial charge in [0.25, 0.3) is 0 Å². The van der Waals surface area contributed by atoms with Crippen LogP contribution >= 0.6 is 11.8 Å². The van der Waals surface area contributed by atoms with Crippen LogP contribution in [0.3, 0.4) is 0 Å². The minimum Gasteiger partial charge on any atom is -0.302 e. The Bertz CT molecular complexity index is 904. The number of benzene rings is 1. The predicted molar refractivity (Wildman–Crippen MR) is 114 cm³/mol. The third-order valence-electron chi connectivity index (χ3n) is 4.51. The van der Waals surface area contributed by atoms with Crippen molar-refractivity contribution in [2.45, 2.75) is 51.2 Å². The van der Waals surface area contributed by atoms with Gasteiger partial charge >= 0.3 is 0 Å². The van der Waals surface area contributed by atoms with E-state index in [0.29, 0.717) is 18.1 Å². The molecule has 0 aliphatic heterocycles. The van der Waals surface area contributed by atoms with Crippen LogP contribution in [-0.2, 0) is 17.8 Å². The Morgan fingerprint density at radius 3 is 2.43 bits per heavy atom. The van der Waals surface area contributed by atoms with Crippen LogP contribution in [0.4, 0.5) is 0 Å². The highest BCUT2D eigenvalue weighted by atomic mass is 32.2. The quantitative estimate of drug-likeness (QED) is 0.489. The van der Waals surface area contributed by atoms with Gasteiger partial charge in [0.05, 0.1) is 5.75 Å². The first-order chi connectivity index (χ1) is 13.6. The molecule has 5 nitrogen and oxygen atoms in total. The first-order valence-electron chi connectivity index (χ1n) is 9.65. The number of hydrogen-bond donors (Lipinski definition) is 0. The van der Waals surface area contributed by atoms with E-state index in [9.17, 15) is 4.79 Å². The third-order valence-corrected chi connectivity index (χ3v) is 5.54. The highest BCUT2D eigenvalue weighted by Crippen LogP contribution is 2.24. The molecule has 146 valence electrons. The predicted octanol–water partition coefficient (Wildman–Crippen LogP) is 4.78. The summed E-state index contributed by atoms with van der Waals surface area (Å²) < 4.78 is 2.09. The Morgan fingerprint density at radius 1 is 1.07 bits per heavy atom. The van der Waals surface area contributed by atoms with Crippen molar-refractivity contribution >= 4 is 17.5 Å². The van der Waals surface area contributed by atoms with Crippen molar-refractivity contribution in [2.24, 2.45) is 0 Å². The molecular weight excluding hydrogens is 368 g/mol. The number of aromatic nitrogens is 4. The van der Waals surface area contributed by atoms with Gasteiger partial charge in [-0.25, -0.2) is 0 Å². The van der Waals surface area contributed by atoms with Gasteiger partial charge in [-0.15, -0.1) is 10.2 Å². The molecular formula is C22H26N4OS. The summed E-state index contributed by atoms with van der Waals surface area (Å²) in [6, 6.07) is 12.2. The van der Waals surface area contributed by atoms with Crippen LogP contribution in [0, 0.1) is 0 Å². The average Bonchev–Trinajstić information content (AvgIpc) is 3.10. The topological polar surface area (TPSA) is 60.7 Å². The zero-order chi connectivity index (χ0) is 19.9. The van der Waals surface area contributed by atoms with Crippen LogP contribution in [0.1, 0.15) is 44.2 Å². The van der Waals surface area contributed by atoms with Crippen molar-refractivity contribution in [1.29, 1.82) is 0 Å². The Morgan fingerprint density at radius 2 is 1.79 bits per heavy atom. The summed E-state index contributed by atoms with van der Waals surface area (Å²) in [6.07, 6.45) is 4.92. The molecule has 0 aliphatic rings.